The molecule has 0 saturated heterocycles. The highest BCUT2D eigenvalue weighted by atomic mass is 16.5. The Bertz CT molecular complexity index is 502. The fraction of sp³-hybridized carbons (Fsp3) is 0.533. The third-order valence-corrected chi connectivity index (χ3v) is 3.67. The van der Waals surface area contributed by atoms with Gasteiger partial charge in [0.25, 0.3) is 0 Å². The van der Waals surface area contributed by atoms with E-state index in [1.807, 2.05) is 19.1 Å². The predicted octanol–water partition coefficient (Wildman–Crippen LogP) is 2.41. The summed E-state index contributed by atoms with van der Waals surface area (Å²) in [7, 11) is 3.34. The van der Waals surface area contributed by atoms with E-state index >= 15 is 0 Å². The number of hydrogen-bond donors (Lipinski definition) is 1. The van der Waals surface area contributed by atoms with E-state index in [0.717, 1.165) is 42.0 Å². The van der Waals surface area contributed by atoms with Gasteiger partial charge >= 0.3 is 0 Å². The van der Waals surface area contributed by atoms with Gasteiger partial charge in [0, 0.05) is 18.7 Å². The summed E-state index contributed by atoms with van der Waals surface area (Å²) in [4.78, 5) is 0. The van der Waals surface area contributed by atoms with Crippen molar-refractivity contribution in [3.63, 3.8) is 0 Å². The number of rotatable bonds is 6. The van der Waals surface area contributed by atoms with Gasteiger partial charge in [-0.25, -0.2) is 0 Å². The van der Waals surface area contributed by atoms with Crippen molar-refractivity contribution in [2.45, 2.75) is 26.3 Å². The minimum absolute atomic E-state index is 0.123. The highest BCUT2D eigenvalue weighted by Gasteiger charge is 2.42. The molecule has 0 aromatic heterocycles. The molecular weight excluding hydrogens is 240 g/mol. The Morgan fingerprint density at radius 2 is 1.95 bits per heavy atom. The van der Waals surface area contributed by atoms with Gasteiger partial charge in [-0.1, -0.05) is 0 Å². The summed E-state index contributed by atoms with van der Waals surface area (Å²) in [5.41, 5.74) is 1.99. The number of methoxy groups -OCH3 is 2. The summed E-state index contributed by atoms with van der Waals surface area (Å²) < 4.78 is 10.7. The zero-order valence-electron chi connectivity index (χ0n) is 11.7. The molecule has 1 aliphatic carbocycles. The van der Waals surface area contributed by atoms with E-state index in [-0.39, 0.29) is 5.41 Å². The molecule has 19 heavy (non-hydrogen) atoms. The molecule has 0 bridgehead atoms. The van der Waals surface area contributed by atoms with Crippen LogP contribution in [0.5, 0.6) is 11.5 Å². The third-order valence-electron chi connectivity index (χ3n) is 3.67. The smallest absolute Gasteiger partial charge is 0.123 e. The lowest BCUT2D eigenvalue weighted by Crippen LogP contribution is -2.22. The van der Waals surface area contributed by atoms with Gasteiger partial charge in [-0.3, -0.25) is 0 Å². The maximum Gasteiger partial charge on any atom is 0.123 e. The largest absolute Gasteiger partial charge is 0.496 e. The van der Waals surface area contributed by atoms with Gasteiger partial charge in [0.05, 0.1) is 25.7 Å². The van der Waals surface area contributed by atoms with Crippen LogP contribution in [-0.2, 0) is 6.54 Å². The van der Waals surface area contributed by atoms with E-state index < -0.39 is 0 Å². The zero-order chi connectivity index (χ0) is 13.9. The Morgan fingerprint density at radius 1 is 1.26 bits per heavy atom. The van der Waals surface area contributed by atoms with Crippen LogP contribution in [-0.4, -0.2) is 20.8 Å². The first-order valence-electron chi connectivity index (χ1n) is 6.47. The van der Waals surface area contributed by atoms with Crippen LogP contribution in [0.2, 0.25) is 0 Å². The number of aryl methyl sites for hydroxylation is 1. The van der Waals surface area contributed by atoms with Gasteiger partial charge in [-0.15, -0.1) is 0 Å². The van der Waals surface area contributed by atoms with Crippen molar-refractivity contribution in [1.82, 2.24) is 5.32 Å². The van der Waals surface area contributed by atoms with E-state index in [1.54, 1.807) is 14.2 Å². The number of benzene rings is 1. The monoisotopic (exact) mass is 260 g/mol. The van der Waals surface area contributed by atoms with Crippen molar-refractivity contribution in [2.24, 2.45) is 5.41 Å². The lowest BCUT2D eigenvalue weighted by atomic mass is 10.1. The number of nitriles is 1. The highest BCUT2D eigenvalue weighted by molar-refractivity contribution is 5.45. The Hall–Kier alpha value is -1.73. The minimum atomic E-state index is -0.123. The number of hydrogen-bond acceptors (Lipinski definition) is 4. The molecule has 102 valence electrons. The molecule has 0 amide bonds. The average Bonchev–Trinajstić information content (AvgIpc) is 3.20. The van der Waals surface area contributed by atoms with Crippen LogP contribution in [0.25, 0.3) is 0 Å². The van der Waals surface area contributed by atoms with Gasteiger partial charge in [-0.05, 0) is 37.5 Å². The molecule has 1 N–H and O–H groups in total. The van der Waals surface area contributed by atoms with E-state index in [4.69, 9.17) is 14.7 Å². The van der Waals surface area contributed by atoms with Crippen LogP contribution in [0.3, 0.4) is 0 Å². The standard InChI is InChI=1S/C15H20N2O2/c1-11-6-14(19-3)12(7-13(11)18-2)8-17-10-15(9-16)4-5-15/h6-7,17H,4-5,8,10H2,1-3H3. The molecule has 0 unspecified atom stereocenters. The second-order valence-electron chi connectivity index (χ2n) is 5.13. The highest BCUT2D eigenvalue weighted by Crippen LogP contribution is 2.44. The summed E-state index contributed by atoms with van der Waals surface area (Å²) in [6.45, 7) is 3.42. The van der Waals surface area contributed by atoms with E-state index in [2.05, 4.69) is 11.4 Å². The van der Waals surface area contributed by atoms with Crippen LogP contribution in [0.15, 0.2) is 12.1 Å². The molecule has 1 aromatic carbocycles. The van der Waals surface area contributed by atoms with Gasteiger partial charge < -0.3 is 14.8 Å². The summed E-state index contributed by atoms with van der Waals surface area (Å²) in [5.74, 6) is 1.71. The molecule has 4 heteroatoms. The van der Waals surface area contributed by atoms with Crippen molar-refractivity contribution >= 4 is 0 Å². The molecule has 4 nitrogen and oxygen atoms in total. The van der Waals surface area contributed by atoms with E-state index in [0.29, 0.717) is 6.54 Å². The number of nitrogens with one attached hydrogen (secondary N) is 1. The molecule has 1 fully saturated rings. The molecular formula is C15H20N2O2. The Balaban J connectivity index is 2.04. The van der Waals surface area contributed by atoms with Gasteiger partial charge in [0.1, 0.15) is 11.5 Å². The predicted molar refractivity (Wildman–Crippen MR) is 73.3 cm³/mol. The topological polar surface area (TPSA) is 54.3 Å². The molecule has 0 aliphatic heterocycles. The maximum atomic E-state index is 9.04. The van der Waals surface area contributed by atoms with Crippen LogP contribution >= 0.6 is 0 Å². The molecule has 1 aliphatic rings. The Labute approximate surface area is 114 Å². The molecule has 0 spiro atoms. The molecule has 1 saturated carbocycles. The average molecular weight is 260 g/mol. The van der Waals surface area contributed by atoms with Gasteiger partial charge in [-0.2, -0.15) is 5.26 Å². The summed E-state index contributed by atoms with van der Waals surface area (Å²) in [6.07, 6.45) is 2.01. The van der Waals surface area contributed by atoms with Crippen molar-refractivity contribution in [3.8, 4) is 17.6 Å². The molecule has 2 rings (SSSR count). The zero-order valence-corrected chi connectivity index (χ0v) is 11.7. The first-order valence-corrected chi connectivity index (χ1v) is 6.47. The molecule has 0 heterocycles. The van der Waals surface area contributed by atoms with Crippen molar-refractivity contribution in [3.05, 3.63) is 23.3 Å². The van der Waals surface area contributed by atoms with Gasteiger partial charge in [0.15, 0.2) is 0 Å². The number of nitrogens with zero attached hydrogens (tertiary/aromatic N) is 1. The second kappa shape index (κ2) is 5.50. The van der Waals surface area contributed by atoms with Gasteiger partial charge in [0.2, 0.25) is 0 Å². The quantitative estimate of drug-likeness (QED) is 0.853. The molecule has 0 atom stereocenters. The SMILES string of the molecule is COc1cc(CNCC2(C#N)CC2)c(OC)cc1C. The first kappa shape index (κ1) is 13.7. The van der Waals surface area contributed by atoms with Crippen LogP contribution < -0.4 is 14.8 Å². The maximum absolute atomic E-state index is 9.04. The van der Waals surface area contributed by atoms with E-state index in [1.165, 1.54) is 0 Å². The van der Waals surface area contributed by atoms with Crippen molar-refractivity contribution in [1.29, 1.82) is 5.26 Å². The third kappa shape index (κ3) is 2.99. The summed E-state index contributed by atoms with van der Waals surface area (Å²) in [6, 6.07) is 6.35. The minimum Gasteiger partial charge on any atom is -0.496 e. The number of ether oxygens (including phenoxy) is 2. The molecule has 1 aromatic rings. The first-order chi connectivity index (χ1) is 9.14. The Morgan fingerprint density at radius 3 is 2.47 bits per heavy atom. The summed E-state index contributed by atoms with van der Waals surface area (Å²) >= 11 is 0. The van der Waals surface area contributed by atoms with Crippen LogP contribution in [0, 0.1) is 23.7 Å². The summed E-state index contributed by atoms with van der Waals surface area (Å²) in [5, 5.41) is 12.4. The lowest BCUT2D eigenvalue weighted by Gasteiger charge is -2.14. The fourth-order valence-electron chi connectivity index (χ4n) is 2.17. The van der Waals surface area contributed by atoms with Crippen molar-refractivity contribution in [2.75, 3.05) is 20.8 Å². The lowest BCUT2D eigenvalue weighted by molar-refractivity contribution is 0.394. The van der Waals surface area contributed by atoms with Crippen LogP contribution in [0.1, 0.15) is 24.0 Å². The second-order valence-corrected chi connectivity index (χ2v) is 5.13. The van der Waals surface area contributed by atoms with Crippen molar-refractivity contribution < 1.29 is 9.47 Å². The van der Waals surface area contributed by atoms with Crippen LogP contribution in [0.4, 0.5) is 0 Å². The Kier molecular flexibility index (Phi) is 3.96. The normalized spacial score (nSPS) is 15.7. The molecule has 0 radical (unpaired) electrons. The van der Waals surface area contributed by atoms with E-state index in [9.17, 15) is 0 Å². The fourth-order valence-corrected chi connectivity index (χ4v) is 2.17.